The number of methoxy groups -OCH3 is 1. The molecule has 0 saturated carbocycles. The first-order chi connectivity index (χ1) is 10.9. The molecular formula is C16H14F3N3O. The van der Waals surface area contributed by atoms with E-state index in [4.69, 9.17) is 4.74 Å². The Hall–Kier alpha value is -2.57. The summed E-state index contributed by atoms with van der Waals surface area (Å²) >= 11 is 0. The number of aromatic nitrogens is 3. The van der Waals surface area contributed by atoms with E-state index in [1.54, 1.807) is 30.7 Å². The van der Waals surface area contributed by atoms with Gasteiger partial charge < -0.3 is 9.30 Å². The van der Waals surface area contributed by atoms with Crippen molar-refractivity contribution in [2.45, 2.75) is 19.6 Å². The zero-order valence-electron chi connectivity index (χ0n) is 12.6. The van der Waals surface area contributed by atoms with Crippen molar-refractivity contribution in [3.05, 3.63) is 53.5 Å². The van der Waals surface area contributed by atoms with Crippen LogP contribution in [0.1, 0.15) is 16.8 Å². The predicted octanol–water partition coefficient (Wildman–Crippen LogP) is 3.82. The molecule has 0 amide bonds. The molecule has 120 valence electrons. The molecule has 0 aliphatic rings. The van der Waals surface area contributed by atoms with Crippen molar-refractivity contribution >= 4 is 11.2 Å². The van der Waals surface area contributed by atoms with Gasteiger partial charge in [0.2, 0.25) is 0 Å². The molecule has 3 aromatic rings. The number of benzene rings is 1. The van der Waals surface area contributed by atoms with Gasteiger partial charge in [0.25, 0.3) is 0 Å². The number of aryl methyl sites for hydroxylation is 1. The molecule has 1 aromatic carbocycles. The standard InChI is InChI=1S/C16H14F3N3O/c1-10-7-13(16(17,18)19)14-15(21-10)22(9-20-14)8-11-3-5-12(23-2)6-4-11/h3-7,9H,8H2,1-2H3. The van der Waals surface area contributed by atoms with E-state index in [-0.39, 0.29) is 11.2 Å². The highest BCUT2D eigenvalue weighted by atomic mass is 19.4. The van der Waals surface area contributed by atoms with E-state index in [0.29, 0.717) is 12.2 Å². The van der Waals surface area contributed by atoms with Crippen LogP contribution in [0.2, 0.25) is 0 Å². The summed E-state index contributed by atoms with van der Waals surface area (Å²) in [6.07, 6.45) is -3.07. The van der Waals surface area contributed by atoms with Crippen LogP contribution >= 0.6 is 0 Å². The third-order valence-electron chi connectivity index (χ3n) is 3.52. The van der Waals surface area contributed by atoms with Gasteiger partial charge in [0.05, 0.1) is 25.5 Å². The van der Waals surface area contributed by atoms with Crippen LogP contribution in [0.3, 0.4) is 0 Å². The molecular weight excluding hydrogens is 307 g/mol. The molecule has 3 rings (SSSR count). The number of hydrogen-bond donors (Lipinski definition) is 0. The van der Waals surface area contributed by atoms with Crippen molar-refractivity contribution < 1.29 is 17.9 Å². The molecule has 0 aliphatic heterocycles. The molecule has 2 heterocycles. The van der Waals surface area contributed by atoms with E-state index in [1.807, 2.05) is 12.1 Å². The Bertz CT molecular complexity index is 838. The van der Waals surface area contributed by atoms with Gasteiger partial charge in [-0.15, -0.1) is 0 Å². The summed E-state index contributed by atoms with van der Waals surface area (Å²) < 4.78 is 46.1. The summed E-state index contributed by atoms with van der Waals surface area (Å²) in [6.45, 7) is 1.92. The van der Waals surface area contributed by atoms with Gasteiger partial charge in [-0.1, -0.05) is 12.1 Å². The van der Waals surface area contributed by atoms with Crippen LogP contribution in [0.4, 0.5) is 13.2 Å². The fraction of sp³-hybridized carbons (Fsp3) is 0.250. The van der Waals surface area contributed by atoms with Crippen molar-refractivity contribution in [1.29, 1.82) is 0 Å². The highest BCUT2D eigenvalue weighted by Gasteiger charge is 2.34. The lowest BCUT2D eigenvalue weighted by atomic mass is 10.2. The zero-order chi connectivity index (χ0) is 16.6. The molecule has 0 atom stereocenters. The summed E-state index contributed by atoms with van der Waals surface area (Å²) in [7, 11) is 1.57. The van der Waals surface area contributed by atoms with Gasteiger partial charge in [0.15, 0.2) is 5.65 Å². The first kappa shape index (κ1) is 15.3. The Morgan fingerprint density at radius 2 is 1.87 bits per heavy atom. The van der Waals surface area contributed by atoms with Gasteiger partial charge in [0, 0.05) is 5.69 Å². The zero-order valence-corrected chi connectivity index (χ0v) is 12.6. The minimum Gasteiger partial charge on any atom is -0.497 e. The van der Waals surface area contributed by atoms with E-state index in [1.165, 1.54) is 6.33 Å². The Morgan fingerprint density at radius 3 is 2.48 bits per heavy atom. The molecule has 0 unspecified atom stereocenters. The average molecular weight is 321 g/mol. The molecule has 0 radical (unpaired) electrons. The summed E-state index contributed by atoms with van der Waals surface area (Å²) in [4.78, 5) is 8.13. The second kappa shape index (κ2) is 5.57. The Labute approximate surface area is 130 Å². The van der Waals surface area contributed by atoms with Gasteiger partial charge in [-0.25, -0.2) is 9.97 Å². The number of halogens is 3. The number of ether oxygens (including phenoxy) is 1. The normalized spacial score (nSPS) is 11.9. The van der Waals surface area contributed by atoms with E-state index in [0.717, 1.165) is 17.4 Å². The molecule has 7 heteroatoms. The van der Waals surface area contributed by atoms with Crippen LogP contribution < -0.4 is 4.74 Å². The van der Waals surface area contributed by atoms with E-state index in [9.17, 15) is 13.2 Å². The average Bonchev–Trinajstić information content (AvgIpc) is 2.89. The number of fused-ring (bicyclic) bond motifs is 1. The smallest absolute Gasteiger partial charge is 0.418 e. The van der Waals surface area contributed by atoms with Crippen LogP contribution in [0.15, 0.2) is 36.7 Å². The Morgan fingerprint density at radius 1 is 1.17 bits per heavy atom. The predicted molar refractivity (Wildman–Crippen MR) is 79.4 cm³/mol. The van der Waals surface area contributed by atoms with Gasteiger partial charge in [-0.05, 0) is 30.7 Å². The lowest BCUT2D eigenvalue weighted by Crippen LogP contribution is -2.08. The maximum Gasteiger partial charge on any atom is 0.418 e. The molecule has 23 heavy (non-hydrogen) atoms. The van der Waals surface area contributed by atoms with Crippen LogP contribution in [0.25, 0.3) is 11.2 Å². The van der Waals surface area contributed by atoms with E-state index >= 15 is 0 Å². The number of nitrogens with zero attached hydrogens (tertiary/aromatic N) is 3. The van der Waals surface area contributed by atoms with Gasteiger partial charge >= 0.3 is 6.18 Å². The van der Waals surface area contributed by atoms with Crippen molar-refractivity contribution in [3.63, 3.8) is 0 Å². The number of alkyl halides is 3. The summed E-state index contributed by atoms with van der Waals surface area (Å²) in [5.74, 6) is 0.720. The third kappa shape index (κ3) is 2.99. The molecule has 0 N–H and O–H groups in total. The molecule has 0 saturated heterocycles. The molecule has 0 bridgehead atoms. The molecule has 0 aliphatic carbocycles. The molecule has 4 nitrogen and oxygen atoms in total. The second-order valence-electron chi connectivity index (χ2n) is 5.20. The molecule has 2 aromatic heterocycles. The van der Waals surface area contributed by atoms with Gasteiger partial charge in [-0.3, -0.25) is 0 Å². The minimum absolute atomic E-state index is 0.128. The minimum atomic E-state index is -4.45. The molecule has 0 spiro atoms. The largest absolute Gasteiger partial charge is 0.497 e. The van der Waals surface area contributed by atoms with Crippen molar-refractivity contribution in [3.8, 4) is 5.75 Å². The summed E-state index contributed by atoms with van der Waals surface area (Å²) in [5.41, 5.74) is 0.571. The van der Waals surface area contributed by atoms with Crippen LogP contribution in [-0.2, 0) is 12.7 Å². The maximum absolute atomic E-state index is 13.1. The first-order valence-corrected chi connectivity index (χ1v) is 6.91. The number of rotatable bonds is 3. The fourth-order valence-electron chi connectivity index (χ4n) is 2.42. The van der Waals surface area contributed by atoms with Crippen molar-refractivity contribution in [1.82, 2.24) is 14.5 Å². The third-order valence-corrected chi connectivity index (χ3v) is 3.52. The SMILES string of the molecule is COc1ccc(Cn2cnc3c(C(F)(F)F)cc(C)nc32)cc1. The first-order valence-electron chi connectivity index (χ1n) is 6.91. The summed E-state index contributed by atoms with van der Waals surface area (Å²) in [6, 6.07) is 8.33. The highest BCUT2D eigenvalue weighted by molar-refractivity contribution is 5.76. The lowest BCUT2D eigenvalue weighted by molar-refractivity contribution is -0.136. The number of imidazole rings is 1. The molecule has 0 fully saturated rings. The number of hydrogen-bond acceptors (Lipinski definition) is 3. The van der Waals surface area contributed by atoms with E-state index < -0.39 is 11.7 Å². The van der Waals surface area contributed by atoms with Crippen LogP contribution in [-0.4, -0.2) is 21.6 Å². The highest BCUT2D eigenvalue weighted by Crippen LogP contribution is 2.34. The summed E-state index contributed by atoms with van der Waals surface area (Å²) in [5, 5.41) is 0. The van der Waals surface area contributed by atoms with E-state index in [2.05, 4.69) is 9.97 Å². The topological polar surface area (TPSA) is 39.9 Å². The van der Waals surface area contributed by atoms with Crippen LogP contribution in [0, 0.1) is 6.92 Å². The van der Waals surface area contributed by atoms with Crippen molar-refractivity contribution in [2.24, 2.45) is 0 Å². The quantitative estimate of drug-likeness (QED) is 0.736. The lowest BCUT2D eigenvalue weighted by Gasteiger charge is -2.09. The van der Waals surface area contributed by atoms with Crippen molar-refractivity contribution in [2.75, 3.05) is 7.11 Å². The fourth-order valence-corrected chi connectivity index (χ4v) is 2.42. The Kier molecular flexibility index (Phi) is 3.71. The Balaban J connectivity index is 2.03. The van der Waals surface area contributed by atoms with Gasteiger partial charge in [-0.2, -0.15) is 13.2 Å². The maximum atomic E-state index is 13.1. The number of pyridine rings is 1. The van der Waals surface area contributed by atoms with Crippen LogP contribution in [0.5, 0.6) is 5.75 Å². The van der Waals surface area contributed by atoms with Gasteiger partial charge in [0.1, 0.15) is 11.3 Å². The monoisotopic (exact) mass is 321 g/mol. The second-order valence-corrected chi connectivity index (χ2v) is 5.20.